The van der Waals surface area contributed by atoms with E-state index in [-0.39, 0.29) is 0 Å². The van der Waals surface area contributed by atoms with Gasteiger partial charge in [-0.1, -0.05) is 48.5 Å². The van der Waals surface area contributed by atoms with E-state index >= 15 is 0 Å². The second-order valence-electron chi connectivity index (χ2n) is 3.96. The van der Waals surface area contributed by atoms with Crippen LogP contribution in [-0.2, 0) is 0 Å². The molecule has 1 N–H and O–H groups in total. The maximum Gasteiger partial charge on any atom is 0.145 e. The van der Waals surface area contributed by atoms with Gasteiger partial charge >= 0.3 is 0 Å². The van der Waals surface area contributed by atoms with E-state index < -0.39 is 0 Å². The Morgan fingerprint density at radius 3 is 2.32 bits per heavy atom. The first-order valence-corrected chi connectivity index (χ1v) is 5.92. The zero-order valence-electron chi connectivity index (χ0n) is 10.1. The summed E-state index contributed by atoms with van der Waals surface area (Å²) in [5.41, 5.74) is 6.19. The molecular formula is C15H11N4. The lowest BCUT2D eigenvalue weighted by atomic mass is 10.1. The average molecular weight is 247 g/mol. The Labute approximate surface area is 111 Å². The molecule has 1 heterocycles. The molecule has 0 amide bonds. The first kappa shape index (κ1) is 11.3. The van der Waals surface area contributed by atoms with Crippen LogP contribution in [0.3, 0.4) is 0 Å². The van der Waals surface area contributed by atoms with E-state index in [1.54, 1.807) is 0 Å². The van der Waals surface area contributed by atoms with Gasteiger partial charge in [0.25, 0.3) is 0 Å². The molecule has 1 aliphatic heterocycles. The highest BCUT2D eigenvalue weighted by molar-refractivity contribution is 6.67. The van der Waals surface area contributed by atoms with E-state index in [4.69, 9.17) is 0 Å². The lowest BCUT2D eigenvalue weighted by Gasteiger charge is -2.02. The topological polar surface area (TPSA) is 49.1 Å². The Morgan fingerprint density at radius 1 is 0.895 bits per heavy atom. The lowest BCUT2D eigenvalue weighted by molar-refractivity contribution is 1.28. The third kappa shape index (κ3) is 2.57. The SMILES string of the molecule is [C]1=NN=C(c2ccccc2)C1=NNc1ccccc1. The molecule has 2 aromatic rings. The number of nitrogens with zero attached hydrogens (tertiary/aromatic N) is 3. The van der Waals surface area contributed by atoms with Gasteiger partial charge in [0.2, 0.25) is 0 Å². The maximum absolute atomic E-state index is 4.28. The van der Waals surface area contributed by atoms with Crippen LogP contribution in [0.5, 0.6) is 0 Å². The van der Waals surface area contributed by atoms with Gasteiger partial charge in [-0.2, -0.15) is 5.10 Å². The van der Waals surface area contributed by atoms with E-state index in [1.165, 1.54) is 0 Å². The molecule has 0 atom stereocenters. The van der Waals surface area contributed by atoms with Crippen molar-refractivity contribution >= 4 is 23.3 Å². The summed E-state index contributed by atoms with van der Waals surface area (Å²) in [4.78, 5) is 0. The van der Waals surface area contributed by atoms with Gasteiger partial charge in [0.15, 0.2) is 0 Å². The average Bonchev–Trinajstić information content (AvgIpc) is 2.95. The summed E-state index contributed by atoms with van der Waals surface area (Å²) < 4.78 is 0. The van der Waals surface area contributed by atoms with Crippen molar-refractivity contribution in [1.82, 2.24) is 0 Å². The van der Waals surface area contributed by atoms with Crippen LogP contribution >= 0.6 is 0 Å². The molecule has 3 rings (SSSR count). The lowest BCUT2D eigenvalue weighted by Crippen LogP contribution is -2.15. The van der Waals surface area contributed by atoms with Crippen LogP contribution in [0.2, 0.25) is 0 Å². The molecule has 0 unspecified atom stereocenters. The predicted molar refractivity (Wildman–Crippen MR) is 77.9 cm³/mol. The highest BCUT2D eigenvalue weighted by atomic mass is 15.3. The van der Waals surface area contributed by atoms with Gasteiger partial charge in [-0.3, -0.25) is 5.43 Å². The molecule has 1 aliphatic rings. The molecule has 0 aromatic heterocycles. The highest BCUT2D eigenvalue weighted by Crippen LogP contribution is 2.09. The molecule has 0 saturated carbocycles. The van der Waals surface area contributed by atoms with E-state index in [0.29, 0.717) is 5.71 Å². The Hall–Kier alpha value is -2.75. The maximum atomic E-state index is 4.28. The Bertz CT molecular complexity index is 642. The number of hydrazone groups is 1. The molecule has 4 nitrogen and oxygen atoms in total. The Balaban J connectivity index is 1.82. The monoisotopic (exact) mass is 247 g/mol. The molecule has 1 radical (unpaired) electrons. The highest BCUT2D eigenvalue weighted by Gasteiger charge is 2.15. The van der Waals surface area contributed by atoms with Gasteiger partial charge in [-0.15, -0.1) is 10.2 Å². The van der Waals surface area contributed by atoms with Gasteiger partial charge in [0.1, 0.15) is 17.6 Å². The van der Waals surface area contributed by atoms with Crippen molar-refractivity contribution in [3.8, 4) is 0 Å². The standard InChI is InChI=1S/C15H11N4/c1-3-7-12(8-4-1)15-14(11-16-19-15)18-17-13-9-5-2-6-10-13/h1-10,17H. The first-order valence-electron chi connectivity index (χ1n) is 5.92. The number of rotatable bonds is 3. The number of hydrogen-bond acceptors (Lipinski definition) is 4. The second kappa shape index (κ2) is 5.27. The largest absolute Gasteiger partial charge is 0.278 e. The minimum Gasteiger partial charge on any atom is -0.278 e. The molecule has 4 heteroatoms. The summed E-state index contributed by atoms with van der Waals surface area (Å²) in [5.74, 6) is 0. The van der Waals surface area contributed by atoms with Crippen LogP contribution in [-0.4, -0.2) is 17.6 Å². The van der Waals surface area contributed by atoms with Gasteiger partial charge in [0.05, 0.1) is 5.69 Å². The summed E-state index contributed by atoms with van der Waals surface area (Å²) in [7, 11) is 0. The van der Waals surface area contributed by atoms with Crippen LogP contribution < -0.4 is 5.43 Å². The summed E-state index contributed by atoms with van der Waals surface area (Å²) in [6, 6.07) is 19.5. The van der Waals surface area contributed by atoms with Gasteiger partial charge in [-0.05, 0) is 12.1 Å². The summed E-state index contributed by atoms with van der Waals surface area (Å²) in [6.45, 7) is 0. The predicted octanol–water partition coefficient (Wildman–Crippen LogP) is 2.82. The fourth-order valence-electron chi connectivity index (χ4n) is 1.72. The zero-order chi connectivity index (χ0) is 12.9. The number of hydrogen-bond donors (Lipinski definition) is 1. The van der Waals surface area contributed by atoms with Gasteiger partial charge in [-0.25, -0.2) is 0 Å². The minimum atomic E-state index is 0.607. The normalized spacial score (nSPS) is 15.6. The molecule has 2 aromatic carbocycles. The minimum absolute atomic E-state index is 0.607. The molecular weight excluding hydrogens is 236 g/mol. The van der Waals surface area contributed by atoms with E-state index in [1.807, 2.05) is 60.7 Å². The smallest absolute Gasteiger partial charge is 0.145 e. The first-order chi connectivity index (χ1) is 9.43. The quantitative estimate of drug-likeness (QED) is 0.833. The summed E-state index contributed by atoms with van der Waals surface area (Å²) in [6.07, 6.45) is 2.78. The van der Waals surface area contributed by atoms with Crippen LogP contribution in [0.25, 0.3) is 0 Å². The number of para-hydroxylation sites is 1. The fraction of sp³-hybridized carbons (Fsp3) is 0. The molecule has 0 aliphatic carbocycles. The van der Waals surface area contributed by atoms with Crippen molar-refractivity contribution in [1.29, 1.82) is 0 Å². The molecule has 19 heavy (non-hydrogen) atoms. The zero-order valence-corrected chi connectivity index (χ0v) is 10.1. The summed E-state index contributed by atoms with van der Waals surface area (Å²) in [5, 5.41) is 12.1. The van der Waals surface area contributed by atoms with E-state index in [9.17, 15) is 0 Å². The molecule has 91 valence electrons. The second-order valence-corrected chi connectivity index (χ2v) is 3.96. The number of nitrogens with one attached hydrogen (secondary N) is 1. The molecule has 0 fully saturated rings. The molecule has 0 spiro atoms. The van der Waals surface area contributed by atoms with Crippen molar-refractivity contribution in [2.45, 2.75) is 0 Å². The van der Waals surface area contributed by atoms with Crippen molar-refractivity contribution in [3.63, 3.8) is 0 Å². The molecule has 0 saturated heterocycles. The van der Waals surface area contributed by atoms with Gasteiger partial charge in [0, 0.05) is 5.56 Å². The Kier molecular flexibility index (Phi) is 3.14. The Morgan fingerprint density at radius 2 is 1.58 bits per heavy atom. The third-order valence-electron chi connectivity index (χ3n) is 2.65. The van der Waals surface area contributed by atoms with Crippen LogP contribution in [0.4, 0.5) is 5.69 Å². The van der Waals surface area contributed by atoms with Crippen LogP contribution in [0.1, 0.15) is 5.56 Å². The van der Waals surface area contributed by atoms with Crippen LogP contribution in [0.15, 0.2) is 76.0 Å². The fourth-order valence-corrected chi connectivity index (χ4v) is 1.72. The third-order valence-corrected chi connectivity index (χ3v) is 2.65. The van der Waals surface area contributed by atoms with Crippen molar-refractivity contribution < 1.29 is 0 Å². The number of benzene rings is 2. The van der Waals surface area contributed by atoms with E-state index in [0.717, 1.165) is 17.0 Å². The van der Waals surface area contributed by atoms with Crippen LogP contribution in [0, 0.1) is 0 Å². The van der Waals surface area contributed by atoms with Crippen molar-refractivity contribution in [2.75, 3.05) is 5.43 Å². The van der Waals surface area contributed by atoms with Crippen molar-refractivity contribution in [2.24, 2.45) is 15.3 Å². The molecule has 0 bridgehead atoms. The van der Waals surface area contributed by atoms with E-state index in [2.05, 4.69) is 26.9 Å². The summed E-state index contributed by atoms with van der Waals surface area (Å²) >= 11 is 0. The van der Waals surface area contributed by atoms with Gasteiger partial charge < -0.3 is 0 Å². The number of anilines is 1. The van der Waals surface area contributed by atoms with Crippen molar-refractivity contribution in [3.05, 3.63) is 66.2 Å².